The van der Waals surface area contributed by atoms with Crippen molar-refractivity contribution in [2.45, 2.75) is 25.8 Å². The van der Waals surface area contributed by atoms with Gasteiger partial charge in [-0.05, 0) is 31.6 Å². The first-order chi connectivity index (χ1) is 9.13. The maximum atomic E-state index is 9.75. The molecule has 0 saturated carbocycles. The molecule has 1 aromatic rings. The number of aliphatic hydroxyl groups is 1. The highest BCUT2D eigenvalue weighted by Gasteiger charge is 2.47. The summed E-state index contributed by atoms with van der Waals surface area (Å²) in [5, 5.41) is 9.75. The maximum absolute atomic E-state index is 9.75. The molecule has 0 amide bonds. The molecular formula is C16H25NO2. The van der Waals surface area contributed by atoms with Crippen molar-refractivity contribution < 1.29 is 9.84 Å². The zero-order valence-corrected chi connectivity index (χ0v) is 12.2. The zero-order chi connectivity index (χ0) is 13.9. The molecule has 1 fully saturated rings. The highest BCUT2D eigenvalue weighted by molar-refractivity contribution is 5.27. The van der Waals surface area contributed by atoms with E-state index in [4.69, 9.17) is 4.74 Å². The van der Waals surface area contributed by atoms with Gasteiger partial charge in [0, 0.05) is 6.04 Å². The minimum Gasteiger partial charge on any atom is -0.396 e. The van der Waals surface area contributed by atoms with Crippen molar-refractivity contribution in [3.05, 3.63) is 35.4 Å². The summed E-state index contributed by atoms with van der Waals surface area (Å²) in [5.74, 6) is 0. The highest BCUT2D eigenvalue weighted by Crippen LogP contribution is 2.43. The lowest BCUT2D eigenvalue weighted by Crippen LogP contribution is -2.53. The average Bonchev–Trinajstić information content (AvgIpc) is 2.35. The van der Waals surface area contributed by atoms with Gasteiger partial charge in [-0.25, -0.2) is 0 Å². The fourth-order valence-corrected chi connectivity index (χ4v) is 3.05. The van der Waals surface area contributed by atoms with Crippen LogP contribution in [0.5, 0.6) is 0 Å². The number of hydrogen-bond donors (Lipinski definition) is 1. The van der Waals surface area contributed by atoms with Gasteiger partial charge in [-0.1, -0.05) is 37.6 Å². The summed E-state index contributed by atoms with van der Waals surface area (Å²) < 4.78 is 5.36. The number of aryl methyl sites for hydroxylation is 1. The van der Waals surface area contributed by atoms with Crippen molar-refractivity contribution >= 4 is 0 Å². The molecule has 0 radical (unpaired) electrons. The monoisotopic (exact) mass is 263 g/mol. The number of ether oxygens (including phenoxy) is 1. The smallest absolute Gasteiger partial charge is 0.0598 e. The van der Waals surface area contributed by atoms with Gasteiger partial charge in [0.15, 0.2) is 0 Å². The predicted molar refractivity (Wildman–Crippen MR) is 77.2 cm³/mol. The molecule has 2 rings (SSSR count). The SMILES string of the molecule is CCCc1ccc(C(N(C)C)C2(CO)COC2)cc1. The molecule has 3 heteroatoms. The Hall–Kier alpha value is -0.900. The molecule has 1 N–H and O–H groups in total. The molecule has 106 valence electrons. The molecule has 1 aliphatic rings. The quantitative estimate of drug-likeness (QED) is 0.854. The third-order valence-electron chi connectivity index (χ3n) is 4.02. The van der Waals surface area contributed by atoms with Gasteiger partial charge in [-0.2, -0.15) is 0 Å². The fourth-order valence-electron chi connectivity index (χ4n) is 3.05. The first-order valence-corrected chi connectivity index (χ1v) is 7.07. The number of benzene rings is 1. The Morgan fingerprint density at radius 1 is 1.26 bits per heavy atom. The minimum absolute atomic E-state index is 0.143. The van der Waals surface area contributed by atoms with E-state index in [-0.39, 0.29) is 18.1 Å². The van der Waals surface area contributed by atoms with Gasteiger partial charge in [-0.3, -0.25) is 0 Å². The molecule has 1 atom stereocenters. The predicted octanol–water partition coefficient (Wildman–Crippen LogP) is 2.25. The molecule has 1 aromatic carbocycles. The topological polar surface area (TPSA) is 32.7 Å². The molecule has 3 nitrogen and oxygen atoms in total. The number of rotatable bonds is 6. The minimum atomic E-state index is -0.143. The summed E-state index contributed by atoms with van der Waals surface area (Å²) in [6.45, 7) is 3.65. The van der Waals surface area contributed by atoms with Crippen LogP contribution >= 0.6 is 0 Å². The van der Waals surface area contributed by atoms with Crippen LogP contribution in [-0.4, -0.2) is 43.9 Å². The number of hydrogen-bond acceptors (Lipinski definition) is 3. The zero-order valence-electron chi connectivity index (χ0n) is 12.2. The fraction of sp³-hybridized carbons (Fsp3) is 0.625. The van der Waals surface area contributed by atoms with Gasteiger partial charge < -0.3 is 14.7 Å². The van der Waals surface area contributed by atoms with Gasteiger partial charge in [0.1, 0.15) is 0 Å². The first kappa shape index (κ1) is 14.5. The van der Waals surface area contributed by atoms with Gasteiger partial charge >= 0.3 is 0 Å². The lowest BCUT2D eigenvalue weighted by atomic mass is 9.75. The van der Waals surface area contributed by atoms with E-state index in [0.29, 0.717) is 13.2 Å². The Labute approximate surface area is 116 Å². The van der Waals surface area contributed by atoms with Crippen molar-refractivity contribution in [1.29, 1.82) is 0 Å². The Morgan fingerprint density at radius 2 is 1.89 bits per heavy atom. The van der Waals surface area contributed by atoms with E-state index in [9.17, 15) is 5.11 Å². The highest BCUT2D eigenvalue weighted by atomic mass is 16.5. The summed E-state index contributed by atoms with van der Waals surface area (Å²) >= 11 is 0. The van der Waals surface area contributed by atoms with Crippen LogP contribution in [0.2, 0.25) is 0 Å². The van der Waals surface area contributed by atoms with E-state index in [1.54, 1.807) is 0 Å². The van der Waals surface area contributed by atoms with Crippen molar-refractivity contribution in [2.24, 2.45) is 5.41 Å². The maximum Gasteiger partial charge on any atom is 0.0598 e. The number of nitrogens with zero attached hydrogens (tertiary/aromatic N) is 1. The van der Waals surface area contributed by atoms with Crippen LogP contribution in [0.3, 0.4) is 0 Å². The van der Waals surface area contributed by atoms with Crippen LogP contribution in [0.15, 0.2) is 24.3 Å². The van der Waals surface area contributed by atoms with E-state index in [0.717, 1.165) is 6.42 Å². The molecule has 0 bridgehead atoms. The summed E-state index contributed by atoms with van der Waals surface area (Å²) in [7, 11) is 4.14. The Kier molecular flexibility index (Phi) is 4.61. The lowest BCUT2D eigenvalue weighted by Gasteiger charge is -2.48. The van der Waals surface area contributed by atoms with Crippen molar-refractivity contribution in [3.63, 3.8) is 0 Å². The first-order valence-electron chi connectivity index (χ1n) is 7.07. The third-order valence-corrected chi connectivity index (χ3v) is 4.02. The van der Waals surface area contributed by atoms with Crippen LogP contribution in [-0.2, 0) is 11.2 Å². The Balaban J connectivity index is 2.24. The Morgan fingerprint density at radius 3 is 2.26 bits per heavy atom. The molecule has 1 saturated heterocycles. The summed E-state index contributed by atoms with van der Waals surface area (Å²) in [5.41, 5.74) is 2.50. The van der Waals surface area contributed by atoms with E-state index in [1.165, 1.54) is 17.5 Å². The molecule has 0 aliphatic carbocycles. The molecule has 0 spiro atoms. The standard InChI is InChI=1S/C16H25NO2/c1-4-5-13-6-8-14(9-7-13)15(17(2)3)16(10-18)11-19-12-16/h6-9,15,18H,4-5,10-12H2,1-3H3. The third kappa shape index (κ3) is 2.83. The van der Waals surface area contributed by atoms with Gasteiger partial charge in [0.25, 0.3) is 0 Å². The van der Waals surface area contributed by atoms with Crippen molar-refractivity contribution in [2.75, 3.05) is 33.9 Å². The average molecular weight is 263 g/mol. The second-order valence-electron chi connectivity index (χ2n) is 5.87. The summed E-state index contributed by atoms with van der Waals surface area (Å²) in [4.78, 5) is 2.19. The van der Waals surface area contributed by atoms with E-state index < -0.39 is 0 Å². The summed E-state index contributed by atoms with van der Waals surface area (Å²) in [6.07, 6.45) is 2.30. The molecule has 1 unspecified atom stereocenters. The molecular weight excluding hydrogens is 238 g/mol. The van der Waals surface area contributed by atoms with E-state index in [2.05, 4.69) is 50.2 Å². The van der Waals surface area contributed by atoms with Crippen LogP contribution in [0.4, 0.5) is 0 Å². The van der Waals surface area contributed by atoms with Gasteiger partial charge in [0.05, 0.1) is 25.2 Å². The molecule has 1 aliphatic heterocycles. The van der Waals surface area contributed by atoms with E-state index in [1.807, 2.05) is 0 Å². The number of aliphatic hydroxyl groups excluding tert-OH is 1. The second kappa shape index (κ2) is 6.04. The van der Waals surface area contributed by atoms with Crippen molar-refractivity contribution in [3.8, 4) is 0 Å². The van der Waals surface area contributed by atoms with Crippen LogP contribution < -0.4 is 0 Å². The van der Waals surface area contributed by atoms with Crippen LogP contribution in [0, 0.1) is 5.41 Å². The van der Waals surface area contributed by atoms with Crippen LogP contribution in [0.1, 0.15) is 30.5 Å². The van der Waals surface area contributed by atoms with Gasteiger partial charge in [0.2, 0.25) is 0 Å². The van der Waals surface area contributed by atoms with Crippen molar-refractivity contribution in [1.82, 2.24) is 4.90 Å². The molecule has 0 aromatic heterocycles. The van der Waals surface area contributed by atoms with Gasteiger partial charge in [-0.15, -0.1) is 0 Å². The normalized spacial score (nSPS) is 19.2. The summed E-state index contributed by atoms with van der Waals surface area (Å²) in [6, 6.07) is 9.03. The largest absolute Gasteiger partial charge is 0.396 e. The van der Waals surface area contributed by atoms with Crippen LogP contribution in [0.25, 0.3) is 0 Å². The molecule has 1 heterocycles. The molecule has 19 heavy (non-hydrogen) atoms. The Bertz CT molecular complexity index is 390. The second-order valence-corrected chi connectivity index (χ2v) is 5.87. The lowest BCUT2D eigenvalue weighted by molar-refractivity contribution is -0.172. The van der Waals surface area contributed by atoms with E-state index >= 15 is 0 Å².